The van der Waals surface area contributed by atoms with Crippen LogP contribution >= 0.6 is 11.6 Å². The molecule has 9 nitrogen and oxygen atoms in total. The van der Waals surface area contributed by atoms with Gasteiger partial charge in [-0.2, -0.15) is 0 Å². The van der Waals surface area contributed by atoms with Crippen molar-refractivity contribution in [1.29, 1.82) is 0 Å². The van der Waals surface area contributed by atoms with Crippen molar-refractivity contribution in [3.05, 3.63) is 52.8 Å². The van der Waals surface area contributed by atoms with Gasteiger partial charge in [-0.25, -0.2) is 12.8 Å². The number of carboxylic acids is 1. The first kappa shape index (κ1) is 28.4. The summed E-state index contributed by atoms with van der Waals surface area (Å²) in [5, 5.41) is 8.44. The van der Waals surface area contributed by atoms with Gasteiger partial charge in [0, 0.05) is 12.8 Å². The number of anilines is 1. The zero-order chi connectivity index (χ0) is 27.5. The van der Waals surface area contributed by atoms with Crippen LogP contribution in [0, 0.1) is 5.82 Å². The molecule has 0 saturated carbocycles. The topological polar surface area (TPSA) is 127 Å². The number of hydrogen-bond acceptors (Lipinski definition) is 7. The fraction of sp³-hybridized carbons (Fsp3) is 0.400. The Kier molecular flexibility index (Phi) is 8.49. The predicted octanol–water partition coefficient (Wildman–Crippen LogP) is 4.14. The van der Waals surface area contributed by atoms with E-state index in [1.165, 1.54) is 12.1 Å². The molecular formula is C25H27ClFNO8S. The third-order valence-electron chi connectivity index (χ3n) is 5.31. The van der Waals surface area contributed by atoms with Crippen molar-refractivity contribution in [3.63, 3.8) is 0 Å². The first-order chi connectivity index (χ1) is 17.2. The number of benzene rings is 2. The van der Waals surface area contributed by atoms with E-state index >= 15 is 0 Å². The minimum atomic E-state index is -4.35. The van der Waals surface area contributed by atoms with Gasteiger partial charge in [0.1, 0.15) is 17.2 Å². The molecule has 1 aliphatic rings. The largest absolute Gasteiger partial charge is 0.481 e. The number of hydrogen-bond donors (Lipinski definition) is 1. The van der Waals surface area contributed by atoms with Crippen LogP contribution in [-0.2, 0) is 35.6 Å². The second kappa shape index (κ2) is 11.1. The van der Waals surface area contributed by atoms with Gasteiger partial charge in [-0.05, 0) is 63.1 Å². The molecule has 3 rings (SSSR count). The monoisotopic (exact) mass is 555 g/mol. The third-order valence-corrected chi connectivity index (χ3v) is 7.38. The van der Waals surface area contributed by atoms with Gasteiger partial charge in [0.05, 0.1) is 28.6 Å². The van der Waals surface area contributed by atoms with E-state index in [0.29, 0.717) is 5.56 Å². The number of Topliss-reactive ketones (excluding diaryl/α,β-unsaturated/α-hetero) is 1. The molecule has 0 unspecified atom stereocenters. The predicted molar refractivity (Wildman–Crippen MR) is 133 cm³/mol. The van der Waals surface area contributed by atoms with Crippen molar-refractivity contribution in [2.45, 2.75) is 63.1 Å². The standard InChI is InChI=1S/C25H27ClFNO8S/c1-25(2,3)36-24(32)12-15-7-10-21-19(11-15)28(14-22(35-21)20(29)5-4-6-23(30)31)37(33,34)16-8-9-18(27)17(26)13-16/h7-11,13,22H,4-6,12,14H2,1-3H3,(H,30,31)/t22-/m1/s1. The zero-order valence-electron chi connectivity index (χ0n) is 20.5. The zero-order valence-corrected chi connectivity index (χ0v) is 22.1. The van der Waals surface area contributed by atoms with Gasteiger partial charge in [-0.3, -0.25) is 18.7 Å². The van der Waals surface area contributed by atoms with Crippen LogP contribution in [0.3, 0.4) is 0 Å². The van der Waals surface area contributed by atoms with Crippen molar-refractivity contribution < 1.29 is 41.8 Å². The molecule has 0 aromatic heterocycles. The number of carbonyl (C=O) groups is 3. The summed E-state index contributed by atoms with van der Waals surface area (Å²) >= 11 is 5.82. The van der Waals surface area contributed by atoms with E-state index in [1.807, 2.05) is 0 Å². The van der Waals surface area contributed by atoms with Gasteiger partial charge >= 0.3 is 11.9 Å². The molecule has 1 atom stereocenters. The summed E-state index contributed by atoms with van der Waals surface area (Å²) in [5.74, 6) is -2.77. The van der Waals surface area contributed by atoms with E-state index in [4.69, 9.17) is 26.2 Å². The van der Waals surface area contributed by atoms with Crippen molar-refractivity contribution in [1.82, 2.24) is 0 Å². The number of fused-ring (bicyclic) bond motifs is 1. The second-order valence-corrected chi connectivity index (χ2v) is 11.8. The fourth-order valence-electron chi connectivity index (χ4n) is 3.69. The van der Waals surface area contributed by atoms with Gasteiger partial charge in [0.2, 0.25) is 0 Å². The average molecular weight is 556 g/mol. The number of esters is 1. The number of carbonyl (C=O) groups excluding carboxylic acids is 2. The lowest BCUT2D eigenvalue weighted by Crippen LogP contribution is -2.47. The van der Waals surface area contributed by atoms with Crippen molar-refractivity contribution >= 4 is 45.0 Å². The molecule has 1 aliphatic heterocycles. The van der Waals surface area contributed by atoms with E-state index in [0.717, 1.165) is 22.5 Å². The Bertz CT molecular complexity index is 1320. The van der Waals surface area contributed by atoms with Gasteiger partial charge in [0.25, 0.3) is 10.0 Å². The smallest absolute Gasteiger partial charge is 0.310 e. The molecule has 0 aliphatic carbocycles. The Hall–Kier alpha value is -3.18. The number of ketones is 1. The maximum absolute atomic E-state index is 13.7. The summed E-state index contributed by atoms with van der Waals surface area (Å²) in [6, 6.07) is 7.40. The van der Waals surface area contributed by atoms with Crippen LogP contribution in [0.25, 0.3) is 0 Å². The quantitative estimate of drug-likeness (QED) is 0.457. The van der Waals surface area contributed by atoms with Gasteiger partial charge in [0.15, 0.2) is 11.9 Å². The average Bonchev–Trinajstić information content (AvgIpc) is 2.78. The summed E-state index contributed by atoms with van der Waals surface area (Å²) in [6.45, 7) is 4.76. The summed E-state index contributed by atoms with van der Waals surface area (Å²) < 4.78 is 53.0. The van der Waals surface area contributed by atoms with Crippen molar-refractivity contribution in [3.8, 4) is 5.75 Å². The lowest BCUT2D eigenvalue weighted by Gasteiger charge is -2.35. The second-order valence-electron chi connectivity index (χ2n) is 9.50. The van der Waals surface area contributed by atoms with Crippen molar-refractivity contribution in [2.75, 3.05) is 10.8 Å². The molecule has 0 saturated heterocycles. The molecule has 37 heavy (non-hydrogen) atoms. The molecule has 1 N–H and O–H groups in total. The highest BCUT2D eigenvalue weighted by molar-refractivity contribution is 7.92. The van der Waals surface area contributed by atoms with Crippen LogP contribution in [0.5, 0.6) is 5.75 Å². The minimum absolute atomic E-state index is 0.0655. The van der Waals surface area contributed by atoms with Gasteiger partial charge in [-0.15, -0.1) is 0 Å². The maximum Gasteiger partial charge on any atom is 0.310 e. The van der Waals surface area contributed by atoms with Gasteiger partial charge in [-0.1, -0.05) is 17.7 Å². The van der Waals surface area contributed by atoms with Crippen LogP contribution < -0.4 is 9.04 Å². The van der Waals surface area contributed by atoms with E-state index in [-0.39, 0.29) is 42.0 Å². The number of carboxylic acid groups (broad SMARTS) is 1. The maximum atomic E-state index is 13.7. The fourth-order valence-corrected chi connectivity index (χ4v) is 5.43. The first-order valence-corrected chi connectivity index (χ1v) is 13.2. The molecule has 2 aromatic rings. The molecule has 0 fully saturated rings. The van der Waals surface area contributed by atoms with E-state index in [2.05, 4.69) is 0 Å². The summed E-state index contributed by atoms with van der Waals surface area (Å²) in [6.07, 6.45) is -1.63. The highest BCUT2D eigenvalue weighted by Crippen LogP contribution is 2.39. The number of rotatable bonds is 9. The molecular weight excluding hydrogens is 529 g/mol. The number of sulfonamides is 1. The summed E-state index contributed by atoms with van der Waals surface area (Å²) in [5.41, 5.74) is -0.184. The Morgan fingerprint density at radius 1 is 1.16 bits per heavy atom. The Balaban J connectivity index is 1.99. The highest BCUT2D eigenvalue weighted by Gasteiger charge is 2.38. The first-order valence-electron chi connectivity index (χ1n) is 11.4. The normalized spacial score (nSPS) is 15.5. The van der Waals surface area contributed by atoms with Crippen LogP contribution in [0.1, 0.15) is 45.6 Å². The number of ether oxygens (including phenoxy) is 2. The molecule has 0 radical (unpaired) electrons. The lowest BCUT2D eigenvalue weighted by molar-refractivity contribution is -0.154. The number of aliphatic carboxylic acids is 1. The minimum Gasteiger partial charge on any atom is -0.481 e. The number of halogens is 2. The molecule has 2 aromatic carbocycles. The molecule has 0 amide bonds. The molecule has 1 heterocycles. The van der Waals surface area contributed by atoms with Crippen LogP contribution in [0.2, 0.25) is 5.02 Å². The Morgan fingerprint density at radius 3 is 2.49 bits per heavy atom. The van der Waals surface area contributed by atoms with Gasteiger partial charge < -0.3 is 14.6 Å². The Morgan fingerprint density at radius 2 is 1.86 bits per heavy atom. The van der Waals surface area contributed by atoms with E-state index < -0.39 is 56.8 Å². The summed E-state index contributed by atoms with van der Waals surface area (Å²) in [7, 11) is -4.35. The van der Waals surface area contributed by atoms with Crippen LogP contribution in [0.15, 0.2) is 41.3 Å². The highest BCUT2D eigenvalue weighted by atomic mass is 35.5. The van der Waals surface area contributed by atoms with E-state index in [9.17, 15) is 27.2 Å². The molecule has 12 heteroatoms. The van der Waals surface area contributed by atoms with E-state index in [1.54, 1.807) is 26.8 Å². The van der Waals surface area contributed by atoms with Crippen molar-refractivity contribution in [2.24, 2.45) is 0 Å². The summed E-state index contributed by atoms with van der Waals surface area (Å²) in [4.78, 5) is 35.6. The lowest BCUT2D eigenvalue weighted by atomic mass is 10.1. The Labute approximate surface area is 219 Å². The molecule has 200 valence electrons. The SMILES string of the molecule is CC(C)(C)OC(=O)Cc1ccc2c(c1)N(S(=O)(=O)c1ccc(F)c(Cl)c1)C[C@H](C(=O)CCCC(=O)O)O2. The van der Waals surface area contributed by atoms with Crippen LogP contribution in [0.4, 0.5) is 10.1 Å². The number of nitrogens with zero attached hydrogens (tertiary/aromatic N) is 1. The molecule has 0 bridgehead atoms. The molecule has 0 spiro atoms. The third kappa shape index (κ3) is 7.20. The van der Waals surface area contributed by atoms with Crippen LogP contribution in [-0.4, -0.2) is 49.5 Å².